The molecule has 0 aromatic heterocycles. The lowest BCUT2D eigenvalue weighted by Gasteiger charge is -2.20. The zero-order valence-corrected chi connectivity index (χ0v) is 10.5. The molecule has 1 aliphatic carbocycles. The molecule has 0 spiro atoms. The molecule has 1 aliphatic rings. The van der Waals surface area contributed by atoms with Crippen LogP contribution in [0.5, 0.6) is 17.2 Å². The van der Waals surface area contributed by atoms with Crippen LogP contribution >= 0.6 is 0 Å². The highest BCUT2D eigenvalue weighted by atomic mass is 16.3. The molecule has 2 aromatic carbocycles. The van der Waals surface area contributed by atoms with Gasteiger partial charge in [0, 0.05) is 11.1 Å². The molecule has 0 bridgehead atoms. The first kappa shape index (κ1) is 12.9. The molecule has 6 heteroatoms. The summed E-state index contributed by atoms with van der Waals surface area (Å²) >= 11 is 0. The monoisotopic (exact) mass is 284 g/mol. The van der Waals surface area contributed by atoms with Crippen LogP contribution < -0.4 is 0 Å². The van der Waals surface area contributed by atoms with Crippen LogP contribution in [0.15, 0.2) is 24.3 Å². The number of fused-ring (bicyclic) bond motifs is 2. The largest absolute Gasteiger partial charge is 0.507 e. The van der Waals surface area contributed by atoms with Crippen LogP contribution in [0.4, 0.5) is 0 Å². The highest BCUT2D eigenvalue weighted by Gasteiger charge is 2.35. The van der Waals surface area contributed by atoms with Crippen molar-refractivity contribution in [3.8, 4) is 17.2 Å². The van der Waals surface area contributed by atoms with Crippen LogP contribution in [0.2, 0.25) is 0 Å². The van der Waals surface area contributed by atoms with E-state index in [0.29, 0.717) is 0 Å². The summed E-state index contributed by atoms with van der Waals surface area (Å²) in [4.78, 5) is 35.6. The smallest absolute Gasteiger partial charge is 0.198 e. The average molecular weight is 284 g/mol. The molecule has 3 N–H and O–H groups in total. The maximum absolute atomic E-state index is 12.4. The van der Waals surface area contributed by atoms with Crippen molar-refractivity contribution in [3.05, 3.63) is 52.1 Å². The minimum Gasteiger partial charge on any atom is -0.507 e. The fraction of sp³-hybridized carbons (Fsp3) is 0. The standard InChI is InChI=1S/C15H8O6/c16-5-8-10(18)4-7-12(15(8)21)13(19)6-2-1-3-9(17)11(6)14(7)20/h1-5,17-18,21H. The SMILES string of the molecule is O=Cc1c(O)cc2c(c1O)C(=O)c1cccc(O)c1C2=O. The van der Waals surface area contributed by atoms with Crippen molar-refractivity contribution in [1.29, 1.82) is 0 Å². The minimum atomic E-state index is -0.743. The normalized spacial score (nSPS) is 12.8. The zero-order valence-electron chi connectivity index (χ0n) is 10.5. The molecule has 0 amide bonds. The van der Waals surface area contributed by atoms with E-state index in [1.807, 2.05) is 0 Å². The van der Waals surface area contributed by atoms with Crippen LogP contribution in [0.3, 0.4) is 0 Å². The van der Waals surface area contributed by atoms with E-state index in [0.717, 1.165) is 6.07 Å². The molecular formula is C15H8O6. The second kappa shape index (κ2) is 4.17. The number of hydrogen-bond donors (Lipinski definition) is 3. The molecule has 3 rings (SSSR count). The van der Waals surface area contributed by atoms with Gasteiger partial charge in [0.1, 0.15) is 17.2 Å². The summed E-state index contributed by atoms with van der Waals surface area (Å²) in [5, 5.41) is 29.4. The van der Waals surface area contributed by atoms with Crippen molar-refractivity contribution >= 4 is 17.9 Å². The number of aromatic hydroxyl groups is 3. The van der Waals surface area contributed by atoms with E-state index in [1.165, 1.54) is 18.2 Å². The molecule has 104 valence electrons. The van der Waals surface area contributed by atoms with Gasteiger partial charge in [0.2, 0.25) is 0 Å². The Kier molecular flexibility index (Phi) is 2.56. The summed E-state index contributed by atoms with van der Waals surface area (Å²) in [5.74, 6) is -3.12. The summed E-state index contributed by atoms with van der Waals surface area (Å²) < 4.78 is 0. The number of rotatable bonds is 1. The third kappa shape index (κ3) is 1.56. The van der Waals surface area contributed by atoms with Gasteiger partial charge in [-0.15, -0.1) is 0 Å². The van der Waals surface area contributed by atoms with Crippen molar-refractivity contribution in [1.82, 2.24) is 0 Å². The number of phenols is 3. The summed E-state index contributed by atoms with van der Waals surface area (Å²) in [6, 6.07) is 4.93. The lowest BCUT2D eigenvalue weighted by atomic mass is 9.82. The molecule has 0 saturated carbocycles. The summed E-state index contributed by atoms with van der Waals surface area (Å²) in [5.41, 5.74) is -1.32. The predicted molar refractivity (Wildman–Crippen MR) is 70.1 cm³/mol. The van der Waals surface area contributed by atoms with Gasteiger partial charge in [0.15, 0.2) is 17.9 Å². The van der Waals surface area contributed by atoms with E-state index < -0.39 is 28.6 Å². The molecule has 0 unspecified atom stereocenters. The molecule has 0 aliphatic heterocycles. The van der Waals surface area contributed by atoms with Gasteiger partial charge in [-0.2, -0.15) is 0 Å². The molecule has 0 saturated heterocycles. The lowest BCUT2D eigenvalue weighted by molar-refractivity contribution is 0.0973. The van der Waals surface area contributed by atoms with E-state index in [1.54, 1.807) is 0 Å². The van der Waals surface area contributed by atoms with Gasteiger partial charge >= 0.3 is 0 Å². The third-order valence-corrected chi connectivity index (χ3v) is 3.42. The Morgan fingerprint density at radius 2 is 1.52 bits per heavy atom. The minimum absolute atomic E-state index is 0.0645. The Hall–Kier alpha value is -3.15. The molecule has 0 heterocycles. The van der Waals surface area contributed by atoms with Gasteiger partial charge in [0.05, 0.1) is 16.7 Å². The first-order chi connectivity index (χ1) is 9.97. The number of ketones is 2. The van der Waals surface area contributed by atoms with E-state index in [4.69, 9.17) is 0 Å². The van der Waals surface area contributed by atoms with E-state index >= 15 is 0 Å². The van der Waals surface area contributed by atoms with Gasteiger partial charge in [-0.3, -0.25) is 14.4 Å². The first-order valence-electron chi connectivity index (χ1n) is 5.92. The summed E-state index contributed by atoms with van der Waals surface area (Å²) in [6.45, 7) is 0. The van der Waals surface area contributed by atoms with Gasteiger partial charge in [-0.25, -0.2) is 0 Å². The predicted octanol–water partition coefficient (Wildman–Crippen LogP) is 1.39. The van der Waals surface area contributed by atoms with Crippen molar-refractivity contribution in [2.24, 2.45) is 0 Å². The Morgan fingerprint density at radius 1 is 0.857 bits per heavy atom. The Morgan fingerprint density at radius 3 is 2.19 bits per heavy atom. The van der Waals surface area contributed by atoms with Crippen molar-refractivity contribution in [2.45, 2.75) is 0 Å². The second-order valence-electron chi connectivity index (χ2n) is 4.56. The number of carbonyl (C=O) groups excluding carboxylic acids is 3. The first-order valence-corrected chi connectivity index (χ1v) is 5.92. The average Bonchev–Trinajstić information content (AvgIpc) is 2.44. The Bertz CT molecular complexity index is 835. The van der Waals surface area contributed by atoms with Gasteiger partial charge < -0.3 is 15.3 Å². The Balaban J connectivity index is 2.41. The number of hydrogen-bond acceptors (Lipinski definition) is 6. The molecule has 0 fully saturated rings. The van der Waals surface area contributed by atoms with E-state index in [9.17, 15) is 29.7 Å². The fourth-order valence-corrected chi connectivity index (χ4v) is 2.43. The second-order valence-corrected chi connectivity index (χ2v) is 4.56. The number of carbonyl (C=O) groups is 3. The van der Waals surface area contributed by atoms with Crippen molar-refractivity contribution in [2.75, 3.05) is 0 Å². The number of phenolic OH excluding ortho intramolecular Hbond substituents is 3. The summed E-state index contributed by atoms with van der Waals surface area (Å²) in [7, 11) is 0. The van der Waals surface area contributed by atoms with Crippen LogP contribution in [0.1, 0.15) is 42.2 Å². The zero-order chi connectivity index (χ0) is 15.3. The van der Waals surface area contributed by atoms with Gasteiger partial charge in [-0.1, -0.05) is 12.1 Å². The maximum atomic E-state index is 12.4. The van der Waals surface area contributed by atoms with Crippen molar-refractivity contribution < 1.29 is 29.7 Å². The van der Waals surface area contributed by atoms with Crippen LogP contribution in [0, 0.1) is 0 Å². The molecule has 0 radical (unpaired) electrons. The maximum Gasteiger partial charge on any atom is 0.198 e. The molecular weight excluding hydrogens is 276 g/mol. The highest BCUT2D eigenvalue weighted by molar-refractivity contribution is 6.30. The third-order valence-electron chi connectivity index (χ3n) is 3.42. The van der Waals surface area contributed by atoms with Gasteiger partial charge in [-0.05, 0) is 12.1 Å². The van der Waals surface area contributed by atoms with Crippen LogP contribution in [-0.2, 0) is 0 Å². The van der Waals surface area contributed by atoms with E-state index in [2.05, 4.69) is 0 Å². The van der Waals surface area contributed by atoms with Gasteiger partial charge in [0.25, 0.3) is 0 Å². The lowest BCUT2D eigenvalue weighted by Crippen LogP contribution is -2.21. The molecule has 6 nitrogen and oxygen atoms in total. The molecule has 0 atom stereocenters. The fourth-order valence-electron chi connectivity index (χ4n) is 2.43. The van der Waals surface area contributed by atoms with Crippen LogP contribution in [-0.4, -0.2) is 33.2 Å². The topological polar surface area (TPSA) is 112 Å². The quantitative estimate of drug-likeness (QED) is 0.582. The molecule has 2 aromatic rings. The number of benzene rings is 2. The Labute approximate surface area is 117 Å². The van der Waals surface area contributed by atoms with E-state index in [-0.39, 0.29) is 34.3 Å². The highest BCUT2D eigenvalue weighted by Crippen LogP contribution is 2.40. The van der Waals surface area contributed by atoms with Crippen LogP contribution in [0.25, 0.3) is 0 Å². The van der Waals surface area contributed by atoms with Crippen molar-refractivity contribution in [3.63, 3.8) is 0 Å². The number of aldehydes is 1. The summed E-state index contributed by atoms with van der Waals surface area (Å²) in [6.07, 6.45) is 0.195. The molecule has 21 heavy (non-hydrogen) atoms.